The molecular formula is C27H24N2O3S. The van der Waals surface area contributed by atoms with Crippen molar-refractivity contribution in [2.75, 3.05) is 0 Å². The molecule has 0 radical (unpaired) electrons. The number of carbonyl (C=O) groups is 1. The molecule has 1 amide bonds. The van der Waals surface area contributed by atoms with E-state index in [2.05, 4.69) is 10.3 Å². The molecule has 0 saturated heterocycles. The van der Waals surface area contributed by atoms with Crippen LogP contribution in [0.25, 0.3) is 10.9 Å². The van der Waals surface area contributed by atoms with Crippen LogP contribution in [0, 0.1) is 0 Å². The number of carbonyl (C=O) groups excluding carboxylic acids is 1. The van der Waals surface area contributed by atoms with Gasteiger partial charge in [-0.3, -0.25) is 9.78 Å². The maximum absolute atomic E-state index is 13.1. The third kappa shape index (κ3) is 5.73. The van der Waals surface area contributed by atoms with Gasteiger partial charge in [0.15, 0.2) is 9.84 Å². The largest absolute Gasteiger partial charge is 0.346 e. The zero-order valence-electron chi connectivity index (χ0n) is 18.0. The van der Waals surface area contributed by atoms with Gasteiger partial charge in [-0.1, -0.05) is 72.8 Å². The van der Waals surface area contributed by atoms with Crippen molar-refractivity contribution < 1.29 is 13.2 Å². The fraction of sp³-hybridized carbons (Fsp3) is 0.111. The number of rotatable bonds is 8. The van der Waals surface area contributed by atoms with Crippen LogP contribution >= 0.6 is 0 Å². The van der Waals surface area contributed by atoms with Crippen molar-refractivity contribution in [1.29, 1.82) is 0 Å². The number of sulfone groups is 1. The Morgan fingerprint density at radius 3 is 2.33 bits per heavy atom. The normalized spacial score (nSPS) is 12.6. The second-order valence-corrected chi connectivity index (χ2v) is 9.51. The highest BCUT2D eigenvalue weighted by atomic mass is 32.2. The third-order valence-electron chi connectivity index (χ3n) is 5.34. The first-order valence-corrected chi connectivity index (χ1v) is 12.2. The Balaban J connectivity index is 1.58. The molecule has 0 aliphatic rings. The van der Waals surface area contributed by atoms with E-state index in [1.54, 1.807) is 48.7 Å². The molecule has 4 aromatic rings. The van der Waals surface area contributed by atoms with E-state index in [4.69, 9.17) is 0 Å². The summed E-state index contributed by atoms with van der Waals surface area (Å²) in [5, 5.41) is 5.04. The average Bonchev–Trinajstić information content (AvgIpc) is 2.86. The van der Waals surface area contributed by atoms with E-state index in [9.17, 15) is 13.2 Å². The lowest BCUT2D eigenvalue weighted by molar-refractivity contribution is 0.0944. The predicted molar refractivity (Wildman–Crippen MR) is 131 cm³/mol. The molecule has 0 spiro atoms. The summed E-state index contributed by atoms with van der Waals surface area (Å²) in [4.78, 5) is 17.7. The Kier molecular flexibility index (Phi) is 6.95. The highest BCUT2D eigenvalue weighted by Gasteiger charge is 2.17. The van der Waals surface area contributed by atoms with Gasteiger partial charge in [-0.25, -0.2) is 8.42 Å². The second-order valence-electron chi connectivity index (χ2n) is 7.67. The van der Waals surface area contributed by atoms with Crippen molar-refractivity contribution in [3.63, 3.8) is 0 Å². The first-order chi connectivity index (χ1) is 16.0. The molecule has 6 heteroatoms. The van der Waals surface area contributed by atoms with Crippen LogP contribution in [0.15, 0.2) is 114 Å². The number of benzene rings is 3. The number of fused-ring (bicyclic) bond motifs is 1. The topological polar surface area (TPSA) is 76.1 Å². The number of para-hydroxylation sites is 1. The number of pyridine rings is 1. The third-order valence-corrected chi connectivity index (χ3v) is 6.79. The van der Waals surface area contributed by atoms with Crippen molar-refractivity contribution in [2.45, 2.75) is 23.8 Å². The molecule has 5 nitrogen and oxygen atoms in total. The molecule has 0 aliphatic heterocycles. The number of hydrogen-bond donors (Lipinski definition) is 1. The first-order valence-electron chi connectivity index (χ1n) is 10.7. The van der Waals surface area contributed by atoms with Gasteiger partial charge in [0, 0.05) is 23.0 Å². The van der Waals surface area contributed by atoms with Crippen molar-refractivity contribution in [3.05, 3.63) is 120 Å². The summed E-state index contributed by atoms with van der Waals surface area (Å²) < 4.78 is 25.5. The highest BCUT2D eigenvalue weighted by molar-refractivity contribution is 7.94. The molecule has 0 bridgehead atoms. The number of amides is 1. The van der Waals surface area contributed by atoms with Crippen molar-refractivity contribution in [2.24, 2.45) is 0 Å². The summed E-state index contributed by atoms with van der Waals surface area (Å²) >= 11 is 0. The van der Waals surface area contributed by atoms with E-state index in [-0.39, 0.29) is 10.8 Å². The fourth-order valence-corrected chi connectivity index (χ4v) is 4.69. The SMILES string of the molecule is O=C(NC(C=CS(=O)(=O)c1ccccc1)CCc1ccccc1)c1cccc2cccnc12. The minimum Gasteiger partial charge on any atom is -0.346 e. The Bertz CT molecular complexity index is 1360. The summed E-state index contributed by atoms with van der Waals surface area (Å²) in [5.74, 6) is -0.292. The van der Waals surface area contributed by atoms with Crippen molar-refractivity contribution in [1.82, 2.24) is 10.3 Å². The lowest BCUT2D eigenvalue weighted by atomic mass is 10.0. The second kappa shape index (κ2) is 10.2. The number of nitrogens with zero attached hydrogens (tertiary/aromatic N) is 1. The van der Waals surface area contributed by atoms with E-state index >= 15 is 0 Å². The van der Waals surface area contributed by atoms with Gasteiger partial charge in [-0.2, -0.15) is 0 Å². The minimum atomic E-state index is -3.62. The Hall–Kier alpha value is -3.77. The van der Waals surface area contributed by atoms with Crippen LogP contribution in [0.1, 0.15) is 22.3 Å². The zero-order chi connectivity index (χ0) is 23.1. The molecule has 3 aromatic carbocycles. The molecule has 166 valence electrons. The van der Waals surface area contributed by atoms with E-state index in [0.29, 0.717) is 23.9 Å². The van der Waals surface area contributed by atoms with E-state index in [1.807, 2.05) is 54.6 Å². The molecule has 4 rings (SSSR count). The summed E-state index contributed by atoms with van der Waals surface area (Å²) in [6.07, 6.45) is 4.45. The minimum absolute atomic E-state index is 0.215. The number of aromatic nitrogens is 1. The van der Waals surface area contributed by atoms with Crippen LogP contribution < -0.4 is 5.32 Å². The number of aryl methyl sites for hydroxylation is 1. The maximum atomic E-state index is 13.1. The van der Waals surface area contributed by atoms with Crippen LogP contribution in [-0.2, 0) is 16.3 Å². The van der Waals surface area contributed by atoms with Gasteiger partial charge in [0.05, 0.1) is 16.0 Å². The van der Waals surface area contributed by atoms with E-state index in [1.165, 1.54) is 5.41 Å². The van der Waals surface area contributed by atoms with Crippen LogP contribution in [0.4, 0.5) is 0 Å². The van der Waals surface area contributed by atoms with Gasteiger partial charge in [0.2, 0.25) is 0 Å². The molecule has 1 unspecified atom stereocenters. The van der Waals surface area contributed by atoms with Gasteiger partial charge >= 0.3 is 0 Å². The maximum Gasteiger partial charge on any atom is 0.253 e. The summed E-state index contributed by atoms with van der Waals surface area (Å²) in [6, 6.07) is 26.8. The summed E-state index contributed by atoms with van der Waals surface area (Å²) in [6.45, 7) is 0. The van der Waals surface area contributed by atoms with Gasteiger partial charge in [0.25, 0.3) is 5.91 Å². The van der Waals surface area contributed by atoms with Gasteiger partial charge < -0.3 is 5.32 Å². The fourth-order valence-electron chi connectivity index (χ4n) is 3.60. The molecule has 33 heavy (non-hydrogen) atoms. The van der Waals surface area contributed by atoms with Crippen LogP contribution in [0.2, 0.25) is 0 Å². The number of hydrogen-bond acceptors (Lipinski definition) is 4. The summed E-state index contributed by atoms with van der Waals surface area (Å²) in [7, 11) is -3.62. The molecule has 1 aromatic heterocycles. The monoisotopic (exact) mass is 456 g/mol. The van der Waals surface area contributed by atoms with Crippen LogP contribution in [0.3, 0.4) is 0 Å². The lowest BCUT2D eigenvalue weighted by Crippen LogP contribution is -2.34. The van der Waals surface area contributed by atoms with Crippen LogP contribution in [-0.4, -0.2) is 25.4 Å². The van der Waals surface area contributed by atoms with Crippen molar-refractivity contribution in [3.8, 4) is 0 Å². The molecule has 1 atom stereocenters. The zero-order valence-corrected chi connectivity index (χ0v) is 18.8. The highest BCUT2D eigenvalue weighted by Crippen LogP contribution is 2.17. The standard InChI is InChI=1S/C27H24N2O3S/c30-27(25-15-7-11-22-12-8-19-28-26(22)25)29-23(17-16-21-9-3-1-4-10-21)18-20-33(31,32)24-13-5-2-6-14-24/h1-15,18-20,23H,16-17H2,(H,29,30). The molecule has 1 heterocycles. The van der Waals surface area contributed by atoms with Gasteiger partial charge in [0.1, 0.15) is 0 Å². The molecule has 0 aliphatic carbocycles. The Morgan fingerprint density at radius 2 is 1.58 bits per heavy atom. The van der Waals surface area contributed by atoms with Gasteiger partial charge in [-0.15, -0.1) is 0 Å². The summed E-state index contributed by atoms with van der Waals surface area (Å²) in [5.41, 5.74) is 2.18. The van der Waals surface area contributed by atoms with Crippen LogP contribution in [0.5, 0.6) is 0 Å². The van der Waals surface area contributed by atoms with Gasteiger partial charge in [-0.05, 0) is 42.7 Å². The lowest BCUT2D eigenvalue weighted by Gasteiger charge is -2.16. The Morgan fingerprint density at radius 1 is 0.879 bits per heavy atom. The van der Waals surface area contributed by atoms with E-state index in [0.717, 1.165) is 10.9 Å². The number of nitrogens with one attached hydrogen (secondary N) is 1. The predicted octanol–water partition coefficient (Wildman–Crippen LogP) is 4.95. The Labute approximate surface area is 193 Å². The smallest absolute Gasteiger partial charge is 0.253 e. The molecular weight excluding hydrogens is 432 g/mol. The first kappa shape index (κ1) is 22.4. The molecule has 1 N–H and O–H groups in total. The average molecular weight is 457 g/mol. The molecule has 0 fully saturated rings. The van der Waals surface area contributed by atoms with E-state index < -0.39 is 15.9 Å². The van der Waals surface area contributed by atoms with Crippen molar-refractivity contribution >= 4 is 26.6 Å². The molecule has 0 saturated carbocycles. The quantitative estimate of drug-likeness (QED) is 0.407.